The van der Waals surface area contributed by atoms with Crippen LogP contribution in [-0.4, -0.2) is 62.6 Å². The molecule has 1 aliphatic heterocycles. The number of hydrogen-bond donors (Lipinski definition) is 2. The van der Waals surface area contributed by atoms with Crippen LogP contribution < -0.4 is 20.1 Å². The van der Waals surface area contributed by atoms with Crippen LogP contribution in [0, 0.1) is 0 Å². The smallest absolute Gasteiger partial charge is 0.287 e. The molecular weight excluding hydrogens is 510 g/mol. The van der Waals surface area contributed by atoms with Crippen molar-refractivity contribution < 1.29 is 33.0 Å². The van der Waals surface area contributed by atoms with Gasteiger partial charge in [-0.05, 0) is 54.1 Å². The van der Waals surface area contributed by atoms with Crippen molar-refractivity contribution in [1.29, 1.82) is 0 Å². The number of hydrogen-bond acceptors (Lipinski definition) is 8. The number of nitrogens with one attached hydrogen (secondary N) is 2. The maximum absolute atomic E-state index is 13.7. The van der Waals surface area contributed by atoms with Gasteiger partial charge in [0.1, 0.15) is 6.04 Å². The molecule has 4 rings (SSSR count). The molecule has 1 aliphatic rings. The summed E-state index contributed by atoms with van der Waals surface area (Å²) in [6.45, 7) is 0.837. The molecule has 0 spiro atoms. The minimum atomic E-state index is -1.01. The van der Waals surface area contributed by atoms with E-state index in [0.717, 1.165) is 17.7 Å². The molecule has 0 aliphatic carbocycles. The number of benzene rings is 1. The first-order valence-corrected chi connectivity index (χ1v) is 13.1. The molecule has 0 bridgehead atoms. The Kier molecular flexibility index (Phi) is 9.39. The third-order valence-corrected chi connectivity index (χ3v) is 7.04. The van der Waals surface area contributed by atoms with Crippen molar-refractivity contribution >= 4 is 29.1 Å². The van der Waals surface area contributed by atoms with E-state index in [2.05, 4.69) is 10.6 Å². The van der Waals surface area contributed by atoms with Crippen molar-refractivity contribution in [3.8, 4) is 11.5 Å². The first kappa shape index (κ1) is 27.2. The molecule has 1 fully saturated rings. The van der Waals surface area contributed by atoms with Gasteiger partial charge in [-0.2, -0.15) is 0 Å². The molecule has 1 aromatic carbocycles. The van der Waals surface area contributed by atoms with E-state index >= 15 is 0 Å². The van der Waals surface area contributed by atoms with Gasteiger partial charge in [0.25, 0.3) is 5.91 Å². The summed E-state index contributed by atoms with van der Waals surface area (Å²) in [5, 5.41) is 7.46. The monoisotopic (exact) mass is 541 g/mol. The lowest BCUT2D eigenvalue weighted by Gasteiger charge is -2.32. The van der Waals surface area contributed by atoms with Crippen LogP contribution in [0.5, 0.6) is 11.5 Å². The number of carbonyl (C=O) groups is 3. The predicted molar refractivity (Wildman–Crippen MR) is 140 cm³/mol. The Morgan fingerprint density at radius 1 is 1.11 bits per heavy atom. The van der Waals surface area contributed by atoms with Crippen LogP contribution in [0.3, 0.4) is 0 Å². The number of amides is 3. The van der Waals surface area contributed by atoms with Crippen LogP contribution in [0.15, 0.2) is 58.5 Å². The molecule has 2 N–H and O–H groups in total. The van der Waals surface area contributed by atoms with Crippen LogP contribution in [0.4, 0.5) is 0 Å². The molecule has 3 amide bonds. The minimum Gasteiger partial charge on any atom is -0.493 e. The van der Waals surface area contributed by atoms with Gasteiger partial charge in [-0.25, -0.2) is 0 Å². The highest BCUT2D eigenvalue weighted by Gasteiger charge is 2.33. The lowest BCUT2D eigenvalue weighted by molar-refractivity contribution is -0.141. The van der Waals surface area contributed by atoms with Gasteiger partial charge in [0.15, 0.2) is 17.3 Å². The summed E-state index contributed by atoms with van der Waals surface area (Å²) in [4.78, 5) is 42.1. The van der Waals surface area contributed by atoms with Crippen LogP contribution in [0.2, 0.25) is 0 Å². The van der Waals surface area contributed by atoms with Crippen molar-refractivity contribution in [1.82, 2.24) is 15.5 Å². The molecule has 38 heavy (non-hydrogen) atoms. The summed E-state index contributed by atoms with van der Waals surface area (Å²) >= 11 is 1.47. The maximum Gasteiger partial charge on any atom is 0.287 e. The quantitative estimate of drug-likeness (QED) is 0.362. The van der Waals surface area contributed by atoms with E-state index in [9.17, 15) is 14.4 Å². The number of furan rings is 1. The Labute approximate surface area is 224 Å². The molecule has 0 saturated carbocycles. The van der Waals surface area contributed by atoms with E-state index in [1.54, 1.807) is 24.3 Å². The van der Waals surface area contributed by atoms with Crippen LogP contribution in [0.1, 0.15) is 39.9 Å². The number of methoxy groups -OCH3 is 2. The Morgan fingerprint density at radius 3 is 2.61 bits per heavy atom. The first-order chi connectivity index (χ1) is 18.5. The molecule has 2 atom stereocenters. The summed E-state index contributed by atoms with van der Waals surface area (Å²) in [6.07, 6.45) is 3.11. The maximum atomic E-state index is 13.7. The van der Waals surface area contributed by atoms with Crippen molar-refractivity contribution in [2.75, 3.05) is 33.9 Å². The molecule has 202 valence electrons. The van der Waals surface area contributed by atoms with Gasteiger partial charge in [0, 0.05) is 18.0 Å². The number of carbonyl (C=O) groups excluding carboxylic acids is 3. The Hall–Kier alpha value is -3.83. The Morgan fingerprint density at radius 2 is 1.95 bits per heavy atom. The molecule has 10 nitrogen and oxygen atoms in total. The second-order valence-corrected chi connectivity index (χ2v) is 9.69. The molecular formula is C27H31N3O7S. The summed E-state index contributed by atoms with van der Waals surface area (Å²) in [6, 6.07) is 11.0. The predicted octanol–water partition coefficient (Wildman–Crippen LogP) is 3.15. The van der Waals surface area contributed by atoms with E-state index in [1.165, 1.54) is 42.8 Å². The zero-order chi connectivity index (χ0) is 26.9. The van der Waals surface area contributed by atoms with Crippen molar-refractivity contribution in [3.05, 3.63) is 70.3 Å². The average Bonchev–Trinajstić information content (AvgIpc) is 3.74. The highest BCUT2D eigenvalue weighted by molar-refractivity contribution is 7.09. The summed E-state index contributed by atoms with van der Waals surface area (Å²) in [5.41, 5.74) is 0.537. The standard InChI is InChI=1S/C27H31N3O7S/c1-34-21-10-9-18(14-23(21)35-2)25(27(33)28-15-19-6-3-11-36-19)30(17-20-7-5-13-38-20)24(31)16-29-26(32)22-8-4-12-37-22/h4-5,7-10,12-14,19,25H,3,6,11,15-17H2,1-2H3,(H,28,33)(H,29,32)/t19-,25-/m0/s1. The molecule has 2 aromatic heterocycles. The topological polar surface area (TPSA) is 119 Å². The van der Waals surface area contributed by atoms with Gasteiger partial charge in [-0.3, -0.25) is 14.4 Å². The lowest BCUT2D eigenvalue weighted by Crippen LogP contribution is -2.47. The van der Waals surface area contributed by atoms with Gasteiger partial charge in [0.05, 0.1) is 39.7 Å². The van der Waals surface area contributed by atoms with E-state index in [1.807, 2.05) is 17.5 Å². The summed E-state index contributed by atoms with van der Waals surface area (Å²) < 4.78 is 21.6. The van der Waals surface area contributed by atoms with E-state index in [4.69, 9.17) is 18.6 Å². The molecule has 0 unspecified atom stereocenters. The zero-order valence-electron chi connectivity index (χ0n) is 21.3. The fourth-order valence-electron chi connectivity index (χ4n) is 4.26. The van der Waals surface area contributed by atoms with Gasteiger partial charge in [0.2, 0.25) is 11.8 Å². The molecule has 11 heteroatoms. The number of ether oxygens (including phenoxy) is 3. The fraction of sp³-hybridized carbons (Fsp3) is 0.370. The second kappa shape index (κ2) is 13.1. The molecule has 1 saturated heterocycles. The van der Waals surface area contributed by atoms with Gasteiger partial charge < -0.3 is 34.2 Å². The largest absolute Gasteiger partial charge is 0.493 e. The lowest BCUT2D eigenvalue weighted by atomic mass is 10.0. The SMILES string of the molecule is COc1ccc([C@@H](C(=O)NC[C@@H]2CCCO2)N(Cc2cccs2)C(=O)CNC(=O)c2ccco2)cc1OC. The highest BCUT2D eigenvalue weighted by atomic mass is 32.1. The molecule has 3 aromatic rings. The summed E-state index contributed by atoms with van der Waals surface area (Å²) in [5.74, 6) is -0.313. The Bertz CT molecular complexity index is 1210. The van der Waals surface area contributed by atoms with Gasteiger partial charge >= 0.3 is 0 Å². The van der Waals surface area contributed by atoms with E-state index < -0.39 is 17.9 Å². The molecule has 3 heterocycles. The number of nitrogens with zero attached hydrogens (tertiary/aromatic N) is 1. The van der Waals surface area contributed by atoms with Gasteiger partial charge in [-0.15, -0.1) is 11.3 Å². The molecule has 0 radical (unpaired) electrons. The third kappa shape index (κ3) is 6.73. The third-order valence-electron chi connectivity index (χ3n) is 6.18. The Balaban J connectivity index is 1.64. The number of thiophene rings is 1. The van der Waals surface area contributed by atoms with Crippen LogP contribution in [0.25, 0.3) is 0 Å². The first-order valence-electron chi connectivity index (χ1n) is 12.2. The van der Waals surface area contributed by atoms with Crippen LogP contribution in [-0.2, 0) is 20.9 Å². The van der Waals surface area contributed by atoms with Crippen molar-refractivity contribution in [2.24, 2.45) is 0 Å². The van der Waals surface area contributed by atoms with E-state index in [0.29, 0.717) is 30.2 Å². The normalized spacial score (nSPS) is 15.5. The highest BCUT2D eigenvalue weighted by Crippen LogP contribution is 2.33. The van der Waals surface area contributed by atoms with Crippen molar-refractivity contribution in [2.45, 2.75) is 31.5 Å². The number of rotatable bonds is 12. The van der Waals surface area contributed by atoms with Gasteiger partial charge in [-0.1, -0.05) is 12.1 Å². The fourth-order valence-corrected chi connectivity index (χ4v) is 4.96. The summed E-state index contributed by atoms with van der Waals surface area (Å²) in [7, 11) is 3.03. The zero-order valence-corrected chi connectivity index (χ0v) is 22.1. The van der Waals surface area contributed by atoms with Crippen molar-refractivity contribution in [3.63, 3.8) is 0 Å². The minimum absolute atomic E-state index is 0.0703. The van der Waals surface area contributed by atoms with Crippen LogP contribution >= 0.6 is 11.3 Å². The average molecular weight is 542 g/mol. The second-order valence-electron chi connectivity index (χ2n) is 8.66. The van der Waals surface area contributed by atoms with E-state index in [-0.39, 0.29) is 30.9 Å².